The molecule has 0 radical (unpaired) electrons. The summed E-state index contributed by atoms with van der Waals surface area (Å²) in [4.78, 5) is 8.04. The molecule has 4 heteroatoms. The van der Waals surface area contributed by atoms with Crippen LogP contribution >= 0.6 is 11.6 Å². The second kappa shape index (κ2) is 5.77. The number of nitrogens with zero attached hydrogens (tertiary/aromatic N) is 2. The minimum absolute atomic E-state index is 0.687. The highest BCUT2D eigenvalue weighted by Gasteiger charge is 1.90. The Morgan fingerprint density at radius 2 is 2.00 bits per heavy atom. The number of nitrogens with one attached hydrogen (secondary N) is 1. The second-order valence-electron chi connectivity index (χ2n) is 2.40. The normalized spacial score (nSPS) is 9.75. The van der Waals surface area contributed by atoms with Gasteiger partial charge in [0.25, 0.3) is 0 Å². The molecule has 1 rings (SSSR count). The first-order valence-corrected chi connectivity index (χ1v) is 4.54. The third-order valence-corrected chi connectivity index (χ3v) is 1.68. The van der Waals surface area contributed by atoms with E-state index in [9.17, 15) is 0 Å². The number of rotatable bonds is 5. The molecule has 0 saturated carbocycles. The zero-order chi connectivity index (χ0) is 8.65. The molecule has 0 aliphatic carbocycles. The summed E-state index contributed by atoms with van der Waals surface area (Å²) in [5.74, 6) is 1.41. The molecule has 12 heavy (non-hydrogen) atoms. The Morgan fingerprint density at radius 1 is 1.25 bits per heavy atom. The molecule has 1 aromatic heterocycles. The van der Waals surface area contributed by atoms with Gasteiger partial charge < -0.3 is 5.32 Å². The van der Waals surface area contributed by atoms with Crippen molar-refractivity contribution in [3.63, 3.8) is 0 Å². The summed E-state index contributed by atoms with van der Waals surface area (Å²) in [5, 5.41) is 3.10. The zero-order valence-corrected chi connectivity index (χ0v) is 7.59. The minimum atomic E-state index is 0.687. The van der Waals surface area contributed by atoms with E-state index in [2.05, 4.69) is 15.3 Å². The maximum atomic E-state index is 5.52. The Hall–Kier alpha value is -0.830. The molecule has 0 aliphatic heterocycles. The summed E-state index contributed by atoms with van der Waals surface area (Å²) in [6.45, 7) is 0.886. The lowest BCUT2D eigenvalue weighted by Crippen LogP contribution is -2.04. The predicted molar refractivity (Wildman–Crippen MR) is 50.5 cm³/mol. The van der Waals surface area contributed by atoms with Crippen molar-refractivity contribution in [2.24, 2.45) is 0 Å². The van der Waals surface area contributed by atoms with Gasteiger partial charge in [-0.05, 0) is 18.9 Å². The monoisotopic (exact) mass is 185 g/mol. The van der Waals surface area contributed by atoms with Gasteiger partial charge in [0.2, 0.25) is 5.95 Å². The molecule has 0 fully saturated rings. The highest BCUT2D eigenvalue weighted by atomic mass is 35.5. The van der Waals surface area contributed by atoms with Crippen molar-refractivity contribution < 1.29 is 0 Å². The largest absolute Gasteiger partial charge is 0.354 e. The van der Waals surface area contributed by atoms with E-state index in [0.29, 0.717) is 5.95 Å². The molecule has 0 amide bonds. The van der Waals surface area contributed by atoms with Gasteiger partial charge in [-0.15, -0.1) is 11.6 Å². The summed E-state index contributed by atoms with van der Waals surface area (Å²) in [6.07, 6.45) is 5.52. The first-order valence-electron chi connectivity index (χ1n) is 4.00. The van der Waals surface area contributed by atoms with Crippen molar-refractivity contribution >= 4 is 17.5 Å². The Kier molecular flexibility index (Phi) is 4.46. The van der Waals surface area contributed by atoms with Crippen molar-refractivity contribution in [2.45, 2.75) is 12.8 Å². The van der Waals surface area contributed by atoms with Crippen molar-refractivity contribution in [3.8, 4) is 0 Å². The Bertz CT molecular complexity index is 203. The number of anilines is 1. The van der Waals surface area contributed by atoms with Crippen LogP contribution in [0.15, 0.2) is 18.5 Å². The van der Waals surface area contributed by atoms with Crippen molar-refractivity contribution in [2.75, 3.05) is 17.7 Å². The number of hydrogen-bond acceptors (Lipinski definition) is 3. The van der Waals surface area contributed by atoms with Crippen molar-refractivity contribution in [1.29, 1.82) is 0 Å². The van der Waals surface area contributed by atoms with Gasteiger partial charge in [-0.2, -0.15) is 0 Å². The molecule has 0 bridgehead atoms. The number of aromatic nitrogens is 2. The number of unbranched alkanes of at least 4 members (excludes halogenated alkanes) is 1. The lowest BCUT2D eigenvalue weighted by Gasteiger charge is -2.01. The second-order valence-corrected chi connectivity index (χ2v) is 2.77. The van der Waals surface area contributed by atoms with E-state index in [1.165, 1.54) is 0 Å². The topological polar surface area (TPSA) is 37.8 Å². The quantitative estimate of drug-likeness (QED) is 0.563. The maximum Gasteiger partial charge on any atom is 0.222 e. The Morgan fingerprint density at radius 3 is 2.67 bits per heavy atom. The van der Waals surface area contributed by atoms with E-state index >= 15 is 0 Å². The number of alkyl halides is 1. The minimum Gasteiger partial charge on any atom is -0.354 e. The average Bonchev–Trinajstić information content (AvgIpc) is 2.14. The van der Waals surface area contributed by atoms with Crippen LogP contribution in [0.5, 0.6) is 0 Å². The van der Waals surface area contributed by atoms with Crippen LogP contribution in [0.1, 0.15) is 12.8 Å². The first kappa shape index (κ1) is 9.26. The van der Waals surface area contributed by atoms with E-state index in [0.717, 1.165) is 25.3 Å². The lowest BCUT2D eigenvalue weighted by molar-refractivity contribution is 0.831. The molecular weight excluding hydrogens is 174 g/mol. The van der Waals surface area contributed by atoms with Crippen LogP contribution in [0.3, 0.4) is 0 Å². The molecular formula is C8H12ClN3. The molecule has 0 saturated heterocycles. The van der Waals surface area contributed by atoms with Gasteiger partial charge in [-0.3, -0.25) is 0 Å². The summed E-state index contributed by atoms with van der Waals surface area (Å²) in [5.41, 5.74) is 0. The zero-order valence-electron chi connectivity index (χ0n) is 6.83. The predicted octanol–water partition coefficient (Wildman–Crippen LogP) is 1.91. The summed E-state index contributed by atoms with van der Waals surface area (Å²) < 4.78 is 0. The Balaban J connectivity index is 2.16. The van der Waals surface area contributed by atoms with Gasteiger partial charge in [0, 0.05) is 24.8 Å². The molecule has 1 aromatic rings. The van der Waals surface area contributed by atoms with Gasteiger partial charge in [-0.25, -0.2) is 9.97 Å². The third kappa shape index (κ3) is 3.53. The maximum absolute atomic E-state index is 5.52. The number of hydrogen-bond donors (Lipinski definition) is 1. The molecule has 0 spiro atoms. The average molecular weight is 186 g/mol. The fourth-order valence-corrected chi connectivity index (χ4v) is 0.999. The standard InChI is InChI=1S/C8H12ClN3/c9-4-1-2-5-10-8-11-6-3-7-12-8/h3,6-7H,1-2,4-5H2,(H,10,11,12). The van der Waals surface area contributed by atoms with E-state index in [1.54, 1.807) is 18.5 Å². The van der Waals surface area contributed by atoms with Gasteiger partial charge in [0.15, 0.2) is 0 Å². The fourth-order valence-electron chi connectivity index (χ4n) is 0.810. The van der Waals surface area contributed by atoms with Crippen LogP contribution in [0, 0.1) is 0 Å². The summed E-state index contributed by atoms with van der Waals surface area (Å²) in [6, 6.07) is 1.80. The van der Waals surface area contributed by atoms with Crippen LogP contribution in [0.4, 0.5) is 5.95 Å². The van der Waals surface area contributed by atoms with Crippen LogP contribution in [-0.4, -0.2) is 22.4 Å². The van der Waals surface area contributed by atoms with Gasteiger partial charge in [0.05, 0.1) is 0 Å². The van der Waals surface area contributed by atoms with Crippen LogP contribution in [0.25, 0.3) is 0 Å². The Labute approximate surface area is 77.2 Å². The van der Waals surface area contributed by atoms with Gasteiger partial charge in [-0.1, -0.05) is 0 Å². The molecule has 3 nitrogen and oxygen atoms in total. The SMILES string of the molecule is ClCCCCNc1ncccn1. The van der Waals surface area contributed by atoms with E-state index < -0.39 is 0 Å². The molecule has 66 valence electrons. The summed E-state index contributed by atoms with van der Waals surface area (Å²) in [7, 11) is 0. The third-order valence-electron chi connectivity index (χ3n) is 1.41. The molecule has 1 heterocycles. The highest BCUT2D eigenvalue weighted by molar-refractivity contribution is 6.17. The van der Waals surface area contributed by atoms with Gasteiger partial charge in [0.1, 0.15) is 0 Å². The van der Waals surface area contributed by atoms with Crippen LogP contribution in [-0.2, 0) is 0 Å². The summed E-state index contributed by atoms with van der Waals surface area (Å²) >= 11 is 5.52. The fraction of sp³-hybridized carbons (Fsp3) is 0.500. The van der Waals surface area contributed by atoms with E-state index in [-0.39, 0.29) is 0 Å². The highest BCUT2D eigenvalue weighted by Crippen LogP contribution is 1.96. The lowest BCUT2D eigenvalue weighted by atomic mass is 10.3. The molecule has 0 unspecified atom stereocenters. The molecule has 0 aliphatic rings. The molecule has 0 aromatic carbocycles. The van der Waals surface area contributed by atoms with Crippen LogP contribution < -0.4 is 5.32 Å². The van der Waals surface area contributed by atoms with Crippen LogP contribution in [0.2, 0.25) is 0 Å². The molecule has 1 N–H and O–H groups in total. The molecule has 0 atom stereocenters. The van der Waals surface area contributed by atoms with Gasteiger partial charge >= 0.3 is 0 Å². The number of halogens is 1. The van der Waals surface area contributed by atoms with E-state index in [4.69, 9.17) is 11.6 Å². The first-order chi connectivity index (χ1) is 5.93. The van der Waals surface area contributed by atoms with E-state index in [1.807, 2.05) is 0 Å². The van der Waals surface area contributed by atoms with Crippen molar-refractivity contribution in [1.82, 2.24) is 9.97 Å². The van der Waals surface area contributed by atoms with Crippen molar-refractivity contribution in [3.05, 3.63) is 18.5 Å². The smallest absolute Gasteiger partial charge is 0.222 e.